The number of hydrogen-bond acceptors (Lipinski definition) is 2. The molecule has 1 aromatic carbocycles. The van der Waals surface area contributed by atoms with Crippen molar-refractivity contribution in [1.82, 2.24) is 9.55 Å². The van der Waals surface area contributed by atoms with Crippen LogP contribution in [0.3, 0.4) is 0 Å². The van der Waals surface area contributed by atoms with Crippen LogP contribution in [-0.2, 0) is 12.0 Å². The summed E-state index contributed by atoms with van der Waals surface area (Å²) in [6.07, 6.45) is 0.828. The maximum absolute atomic E-state index is 11.0. The van der Waals surface area contributed by atoms with Crippen molar-refractivity contribution < 1.29 is 9.90 Å². The number of nitrogens with zero attached hydrogens (tertiary/aromatic N) is 2. The Morgan fingerprint density at radius 3 is 2.56 bits per heavy atom. The second-order valence-corrected chi connectivity index (χ2v) is 5.40. The largest absolute Gasteiger partial charge is 0.478 e. The SMILES string of the molecule is CCc1nc2cc(C(=O)O)ccc2n1C(C)(C)C. The summed E-state index contributed by atoms with van der Waals surface area (Å²) in [7, 11) is 0. The topological polar surface area (TPSA) is 55.1 Å². The van der Waals surface area contributed by atoms with Crippen LogP contribution in [0.5, 0.6) is 0 Å². The molecule has 18 heavy (non-hydrogen) atoms. The van der Waals surface area contributed by atoms with Crippen molar-refractivity contribution >= 4 is 17.0 Å². The zero-order chi connectivity index (χ0) is 13.5. The van der Waals surface area contributed by atoms with E-state index in [2.05, 4.69) is 37.2 Å². The average molecular weight is 246 g/mol. The fourth-order valence-corrected chi connectivity index (χ4v) is 2.25. The van der Waals surface area contributed by atoms with Gasteiger partial charge in [-0.15, -0.1) is 0 Å². The lowest BCUT2D eigenvalue weighted by Gasteiger charge is -2.24. The van der Waals surface area contributed by atoms with Crippen molar-refractivity contribution in [3.63, 3.8) is 0 Å². The number of aryl methyl sites for hydroxylation is 1. The maximum Gasteiger partial charge on any atom is 0.335 e. The minimum absolute atomic E-state index is 0.0646. The van der Waals surface area contributed by atoms with Crippen molar-refractivity contribution in [2.24, 2.45) is 0 Å². The Morgan fingerprint density at radius 2 is 2.06 bits per heavy atom. The molecule has 4 heteroatoms. The highest BCUT2D eigenvalue weighted by atomic mass is 16.4. The van der Waals surface area contributed by atoms with Crippen LogP contribution in [0, 0.1) is 0 Å². The fraction of sp³-hybridized carbons (Fsp3) is 0.429. The summed E-state index contributed by atoms with van der Waals surface area (Å²) in [5, 5.41) is 9.00. The molecule has 96 valence electrons. The van der Waals surface area contributed by atoms with E-state index < -0.39 is 5.97 Å². The second kappa shape index (κ2) is 4.12. The van der Waals surface area contributed by atoms with Gasteiger partial charge < -0.3 is 9.67 Å². The molecule has 0 aliphatic rings. The van der Waals surface area contributed by atoms with E-state index in [1.54, 1.807) is 12.1 Å². The number of rotatable bonds is 2. The number of aromatic carboxylic acids is 1. The molecular formula is C14H18N2O2. The number of carboxylic acids is 1. The van der Waals surface area contributed by atoms with Crippen molar-refractivity contribution in [1.29, 1.82) is 0 Å². The number of hydrogen-bond donors (Lipinski definition) is 1. The average Bonchev–Trinajstić information content (AvgIpc) is 2.65. The number of aromatic nitrogens is 2. The van der Waals surface area contributed by atoms with Crippen LogP contribution in [0.25, 0.3) is 11.0 Å². The van der Waals surface area contributed by atoms with Gasteiger partial charge in [0.2, 0.25) is 0 Å². The van der Waals surface area contributed by atoms with E-state index >= 15 is 0 Å². The van der Waals surface area contributed by atoms with Crippen molar-refractivity contribution in [2.45, 2.75) is 39.7 Å². The van der Waals surface area contributed by atoms with Gasteiger partial charge in [0, 0.05) is 12.0 Å². The zero-order valence-corrected chi connectivity index (χ0v) is 11.2. The quantitative estimate of drug-likeness (QED) is 0.886. The Morgan fingerprint density at radius 1 is 1.39 bits per heavy atom. The molecule has 0 aliphatic heterocycles. The first-order valence-electron chi connectivity index (χ1n) is 6.09. The van der Waals surface area contributed by atoms with Gasteiger partial charge in [-0.3, -0.25) is 0 Å². The van der Waals surface area contributed by atoms with Crippen molar-refractivity contribution in [3.8, 4) is 0 Å². The highest BCUT2D eigenvalue weighted by molar-refractivity contribution is 5.92. The van der Waals surface area contributed by atoms with Gasteiger partial charge in [0.25, 0.3) is 0 Å². The van der Waals surface area contributed by atoms with Gasteiger partial charge in [0.1, 0.15) is 5.82 Å². The van der Waals surface area contributed by atoms with Gasteiger partial charge in [-0.25, -0.2) is 9.78 Å². The summed E-state index contributed by atoms with van der Waals surface area (Å²) in [6.45, 7) is 8.43. The fourth-order valence-electron chi connectivity index (χ4n) is 2.25. The number of carboxylic acid groups (broad SMARTS) is 1. The molecule has 0 aliphatic carbocycles. The smallest absolute Gasteiger partial charge is 0.335 e. The number of carbonyl (C=O) groups is 1. The normalized spacial score (nSPS) is 12.0. The standard InChI is InChI=1S/C14H18N2O2/c1-5-12-15-10-8-9(13(17)18)6-7-11(10)16(12)14(2,3)4/h6-8H,5H2,1-4H3,(H,17,18). The molecule has 0 radical (unpaired) electrons. The molecule has 0 saturated carbocycles. The summed E-state index contributed by atoms with van der Waals surface area (Å²) < 4.78 is 2.17. The highest BCUT2D eigenvalue weighted by Gasteiger charge is 2.21. The number of benzene rings is 1. The van der Waals surface area contributed by atoms with Crippen LogP contribution in [0.15, 0.2) is 18.2 Å². The number of fused-ring (bicyclic) bond motifs is 1. The third-order valence-electron chi connectivity index (χ3n) is 2.96. The van der Waals surface area contributed by atoms with Gasteiger partial charge in [0.05, 0.1) is 16.6 Å². The first-order chi connectivity index (χ1) is 8.34. The molecule has 2 rings (SSSR count). The minimum atomic E-state index is -0.916. The molecule has 1 heterocycles. The summed E-state index contributed by atoms with van der Waals surface area (Å²) >= 11 is 0. The molecule has 0 amide bonds. The van der Waals surface area contributed by atoms with E-state index in [0.717, 1.165) is 23.3 Å². The molecule has 0 spiro atoms. The molecular weight excluding hydrogens is 228 g/mol. The molecule has 4 nitrogen and oxygen atoms in total. The summed E-state index contributed by atoms with van der Waals surface area (Å²) in [6, 6.07) is 5.11. The minimum Gasteiger partial charge on any atom is -0.478 e. The Hall–Kier alpha value is -1.84. The van der Waals surface area contributed by atoms with Crippen LogP contribution in [0.1, 0.15) is 43.9 Å². The van der Waals surface area contributed by atoms with Crippen LogP contribution >= 0.6 is 0 Å². The monoisotopic (exact) mass is 246 g/mol. The van der Waals surface area contributed by atoms with Crippen molar-refractivity contribution in [3.05, 3.63) is 29.6 Å². The van der Waals surface area contributed by atoms with Gasteiger partial charge in [-0.1, -0.05) is 6.92 Å². The third kappa shape index (κ3) is 1.98. The molecule has 0 fully saturated rings. The highest BCUT2D eigenvalue weighted by Crippen LogP contribution is 2.26. The lowest BCUT2D eigenvalue weighted by Crippen LogP contribution is -2.23. The Labute approximate surface area is 106 Å². The Kier molecular flexibility index (Phi) is 2.89. The summed E-state index contributed by atoms with van der Waals surface area (Å²) in [4.78, 5) is 15.5. The molecule has 1 aromatic heterocycles. The van der Waals surface area contributed by atoms with Gasteiger partial charge in [-0.2, -0.15) is 0 Å². The maximum atomic E-state index is 11.0. The van der Waals surface area contributed by atoms with E-state index in [1.807, 2.05) is 6.07 Å². The van der Waals surface area contributed by atoms with Gasteiger partial charge in [0.15, 0.2) is 0 Å². The van der Waals surface area contributed by atoms with E-state index in [0.29, 0.717) is 0 Å². The molecule has 0 saturated heterocycles. The van der Waals surface area contributed by atoms with Crippen LogP contribution in [-0.4, -0.2) is 20.6 Å². The Balaban J connectivity index is 2.74. The lowest BCUT2D eigenvalue weighted by molar-refractivity contribution is 0.0697. The second-order valence-electron chi connectivity index (χ2n) is 5.40. The van der Waals surface area contributed by atoms with Gasteiger partial charge in [-0.05, 0) is 39.0 Å². The summed E-state index contributed by atoms with van der Waals surface area (Å²) in [5.74, 6) is 0.0697. The first-order valence-corrected chi connectivity index (χ1v) is 6.09. The number of imidazole rings is 1. The molecule has 1 N–H and O–H groups in total. The zero-order valence-electron chi connectivity index (χ0n) is 11.2. The van der Waals surface area contributed by atoms with Crippen molar-refractivity contribution in [2.75, 3.05) is 0 Å². The molecule has 0 unspecified atom stereocenters. The van der Waals surface area contributed by atoms with Crippen LogP contribution in [0.2, 0.25) is 0 Å². The van der Waals surface area contributed by atoms with E-state index in [9.17, 15) is 4.79 Å². The lowest BCUT2D eigenvalue weighted by atomic mass is 10.1. The van der Waals surface area contributed by atoms with Gasteiger partial charge >= 0.3 is 5.97 Å². The summed E-state index contributed by atoms with van der Waals surface area (Å²) in [5.41, 5.74) is 1.96. The van der Waals surface area contributed by atoms with E-state index in [-0.39, 0.29) is 11.1 Å². The van der Waals surface area contributed by atoms with E-state index in [1.165, 1.54) is 0 Å². The van der Waals surface area contributed by atoms with E-state index in [4.69, 9.17) is 5.11 Å². The first kappa shape index (κ1) is 12.6. The molecule has 0 bridgehead atoms. The van der Waals surface area contributed by atoms with Crippen LogP contribution in [0.4, 0.5) is 0 Å². The predicted octanol–water partition coefficient (Wildman–Crippen LogP) is 3.05. The third-order valence-corrected chi connectivity index (χ3v) is 2.96. The Bertz CT molecular complexity index is 606. The predicted molar refractivity (Wildman–Crippen MR) is 71.1 cm³/mol. The molecule has 2 aromatic rings. The van der Waals surface area contributed by atoms with Crippen LogP contribution < -0.4 is 0 Å². The molecule has 0 atom stereocenters.